The lowest BCUT2D eigenvalue weighted by Gasteiger charge is -2.36. The van der Waals surface area contributed by atoms with Gasteiger partial charge in [-0.15, -0.1) is 0 Å². The van der Waals surface area contributed by atoms with Crippen LogP contribution in [0.5, 0.6) is 0 Å². The van der Waals surface area contributed by atoms with Crippen LogP contribution in [0.1, 0.15) is 59.2 Å². The van der Waals surface area contributed by atoms with Gasteiger partial charge in [0, 0.05) is 46.0 Å². The number of hydrazine groups is 1. The van der Waals surface area contributed by atoms with Crippen molar-refractivity contribution in [1.82, 2.24) is 24.9 Å². The van der Waals surface area contributed by atoms with E-state index in [1.165, 1.54) is 0 Å². The maximum atomic E-state index is 14.2. The van der Waals surface area contributed by atoms with Gasteiger partial charge in [0.15, 0.2) is 0 Å². The third kappa shape index (κ3) is 4.67. The molecule has 6 rings (SSSR count). The van der Waals surface area contributed by atoms with Crippen LogP contribution in [0, 0.1) is 19.8 Å². The number of hydrogen-bond donors (Lipinski definition) is 2. The number of fused-ring (bicyclic) bond motifs is 3. The van der Waals surface area contributed by atoms with Gasteiger partial charge in [-0.25, -0.2) is 0 Å². The van der Waals surface area contributed by atoms with Crippen molar-refractivity contribution >= 4 is 39.5 Å². The zero-order valence-corrected chi connectivity index (χ0v) is 25.2. The average molecular weight is 576 g/mol. The Balaban J connectivity index is 1.33. The van der Waals surface area contributed by atoms with Gasteiger partial charge in [0.1, 0.15) is 12.6 Å². The Morgan fingerprint density at radius 3 is 2.35 bits per heavy atom. The second-order valence-corrected chi connectivity index (χ2v) is 11.6. The minimum absolute atomic E-state index is 0.0551. The Bertz CT molecular complexity index is 1880. The molecule has 3 aromatic carbocycles. The number of carbonyl (C=O) groups is 3. The van der Waals surface area contributed by atoms with E-state index in [2.05, 4.69) is 34.5 Å². The van der Waals surface area contributed by atoms with Gasteiger partial charge in [-0.1, -0.05) is 74.9 Å². The highest BCUT2D eigenvalue weighted by Crippen LogP contribution is 2.45. The fourth-order valence-electron chi connectivity index (χ4n) is 6.64. The zero-order chi connectivity index (χ0) is 30.4. The van der Waals surface area contributed by atoms with E-state index in [4.69, 9.17) is 0 Å². The van der Waals surface area contributed by atoms with Crippen LogP contribution in [-0.4, -0.2) is 37.8 Å². The van der Waals surface area contributed by atoms with Crippen molar-refractivity contribution < 1.29 is 14.4 Å². The van der Waals surface area contributed by atoms with Gasteiger partial charge in [0.25, 0.3) is 17.7 Å². The molecule has 0 aliphatic carbocycles. The molecule has 8 nitrogen and oxygen atoms in total. The highest BCUT2D eigenvalue weighted by molar-refractivity contribution is 6.03. The number of rotatable bonds is 7. The van der Waals surface area contributed by atoms with Crippen LogP contribution in [0.2, 0.25) is 0 Å². The van der Waals surface area contributed by atoms with E-state index < -0.39 is 18.0 Å². The van der Waals surface area contributed by atoms with Crippen LogP contribution < -0.4 is 10.9 Å². The van der Waals surface area contributed by atoms with Gasteiger partial charge >= 0.3 is 0 Å². The predicted octanol–water partition coefficient (Wildman–Crippen LogP) is 5.56. The maximum absolute atomic E-state index is 14.2. The van der Waals surface area contributed by atoms with Crippen molar-refractivity contribution in [3.05, 3.63) is 107 Å². The number of aryl methyl sites for hydroxylation is 2. The first-order valence-electron chi connectivity index (χ1n) is 14.8. The summed E-state index contributed by atoms with van der Waals surface area (Å²) in [5, 5.41) is 2.10. The van der Waals surface area contributed by atoms with Gasteiger partial charge in [0.05, 0.1) is 6.04 Å². The third-order valence-electron chi connectivity index (χ3n) is 9.12. The number of benzene rings is 3. The van der Waals surface area contributed by atoms with Crippen molar-refractivity contribution in [2.75, 3.05) is 0 Å². The van der Waals surface area contributed by atoms with Gasteiger partial charge in [-0.2, -0.15) is 0 Å². The number of amides is 3. The molecular formula is C35H37N5O3. The minimum atomic E-state index is -0.817. The van der Waals surface area contributed by atoms with Gasteiger partial charge in [-0.3, -0.25) is 25.2 Å². The first-order chi connectivity index (χ1) is 20.7. The fraction of sp³-hybridized carbons (Fsp3) is 0.286. The highest BCUT2D eigenvalue weighted by atomic mass is 16.2. The van der Waals surface area contributed by atoms with Crippen molar-refractivity contribution in [3.8, 4) is 0 Å². The van der Waals surface area contributed by atoms with Crippen LogP contribution in [0.3, 0.4) is 0 Å². The van der Waals surface area contributed by atoms with Crippen molar-refractivity contribution in [2.45, 2.75) is 52.7 Å². The SMILES string of the molecule is CCC(C)C(C(=O)NNC(=O)Cn1c(C)cc2ccccc21)N1C(=O)c2ccccc2C1c1c(C)n(C)c2ccccc12. The summed E-state index contributed by atoms with van der Waals surface area (Å²) < 4.78 is 4.06. The van der Waals surface area contributed by atoms with Crippen LogP contribution >= 0.6 is 0 Å². The number of nitrogens with one attached hydrogen (secondary N) is 2. The van der Waals surface area contributed by atoms with E-state index in [0.717, 1.165) is 44.3 Å². The molecule has 3 unspecified atom stereocenters. The molecule has 0 saturated carbocycles. The summed E-state index contributed by atoms with van der Waals surface area (Å²) in [6.45, 7) is 8.06. The van der Waals surface area contributed by atoms with Gasteiger partial charge in [0.2, 0.25) is 0 Å². The van der Waals surface area contributed by atoms with Crippen LogP contribution in [0.25, 0.3) is 21.8 Å². The summed E-state index contributed by atoms with van der Waals surface area (Å²) >= 11 is 0. The molecule has 1 aliphatic heterocycles. The third-order valence-corrected chi connectivity index (χ3v) is 9.12. The van der Waals surface area contributed by atoms with Crippen molar-refractivity contribution in [2.24, 2.45) is 13.0 Å². The fourth-order valence-corrected chi connectivity index (χ4v) is 6.64. The molecule has 43 heavy (non-hydrogen) atoms. The van der Waals surface area contributed by atoms with E-state index >= 15 is 0 Å². The number of para-hydroxylation sites is 2. The van der Waals surface area contributed by atoms with E-state index in [1.54, 1.807) is 4.90 Å². The monoisotopic (exact) mass is 575 g/mol. The molecule has 2 N–H and O–H groups in total. The van der Waals surface area contributed by atoms with Gasteiger partial charge < -0.3 is 14.0 Å². The number of hydrogen-bond acceptors (Lipinski definition) is 3. The number of carbonyl (C=O) groups excluding carboxylic acids is 3. The molecule has 0 bridgehead atoms. The average Bonchev–Trinajstić information content (AvgIpc) is 3.58. The summed E-state index contributed by atoms with van der Waals surface area (Å²) in [4.78, 5) is 43.0. The topological polar surface area (TPSA) is 88.4 Å². The maximum Gasteiger partial charge on any atom is 0.261 e. The molecule has 3 heterocycles. The van der Waals surface area contributed by atoms with E-state index in [-0.39, 0.29) is 24.3 Å². The molecule has 220 valence electrons. The first kappa shape index (κ1) is 28.3. The largest absolute Gasteiger partial charge is 0.348 e. The molecule has 8 heteroatoms. The van der Waals surface area contributed by atoms with Crippen LogP contribution in [0.4, 0.5) is 0 Å². The molecule has 0 fully saturated rings. The summed E-state index contributed by atoms with van der Waals surface area (Å²) in [7, 11) is 2.03. The quantitative estimate of drug-likeness (QED) is 0.249. The summed E-state index contributed by atoms with van der Waals surface area (Å²) in [5.41, 5.74) is 11.8. The van der Waals surface area contributed by atoms with Crippen LogP contribution in [-0.2, 0) is 23.2 Å². The second-order valence-electron chi connectivity index (χ2n) is 11.6. The Morgan fingerprint density at radius 2 is 1.58 bits per heavy atom. The lowest BCUT2D eigenvalue weighted by atomic mass is 9.91. The van der Waals surface area contributed by atoms with Crippen molar-refractivity contribution in [3.63, 3.8) is 0 Å². The molecular weight excluding hydrogens is 538 g/mol. The second kappa shape index (κ2) is 11.1. The molecule has 3 amide bonds. The summed E-state index contributed by atoms with van der Waals surface area (Å²) in [6.07, 6.45) is 0.669. The van der Waals surface area contributed by atoms with E-state index in [9.17, 15) is 14.4 Å². The molecule has 3 atom stereocenters. The van der Waals surface area contributed by atoms with Gasteiger partial charge in [-0.05, 0) is 55.0 Å². The lowest BCUT2D eigenvalue weighted by Crippen LogP contribution is -2.56. The minimum Gasteiger partial charge on any atom is -0.348 e. The Labute approximate surface area is 251 Å². The first-order valence-corrected chi connectivity index (χ1v) is 14.8. The number of nitrogens with zero attached hydrogens (tertiary/aromatic N) is 3. The van der Waals surface area contributed by atoms with E-state index in [1.807, 2.05) is 99.1 Å². The smallest absolute Gasteiger partial charge is 0.261 e. The Hall–Kier alpha value is -4.85. The van der Waals surface area contributed by atoms with Crippen molar-refractivity contribution in [1.29, 1.82) is 0 Å². The standard InChI is InChI=1S/C35H37N5O3/c1-6-21(2)32(34(42)37-36-30(41)20-39-22(3)19-24-13-7-11-17-28(24)39)40-33(25-14-8-9-15-26(25)35(40)43)31-23(4)38(5)29-18-12-10-16-27(29)31/h7-19,21,32-33H,6,20H2,1-5H3,(H,36,41)(H,37,42). The Morgan fingerprint density at radius 1 is 0.907 bits per heavy atom. The van der Waals surface area contributed by atoms with E-state index in [0.29, 0.717) is 12.0 Å². The Kier molecular flexibility index (Phi) is 7.30. The zero-order valence-electron chi connectivity index (χ0n) is 25.2. The normalized spacial score (nSPS) is 16.0. The molecule has 5 aromatic rings. The van der Waals surface area contributed by atoms with Crippen LogP contribution in [0.15, 0.2) is 78.9 Å². The molecule has 2 aromatic heterocycles. The molecule has 0 spiro atoms. The number of aromatic nitrogens is 2. The molecule has 0 saturated heterocycles. The summed E-state index contributed by atoms with van der Waals surface area (Å²) in [6, 6.07) is 24.4. The highest BCUT2D eigenvalue weighted by Gasteiger charge is 2.47. The molecule has 0 radical (unpaired) electrons. The summed E-state index contributed by atoms with van der Waals surface area (Å²) in [5.74, 6) is -1.13. The lowest BCUT2D eigenvalue weighted by molar-refractivity contribution is -0.133. The predicted molar refractivity (Wildman–Crippen MR) is 168 cm³/mol. The molecule has 1 aliphatic rings.